The van der Waals surface area contributed by atoms with Crippen molar-refractivity contribution >= 4 is 29.1 Å². The number of carbonyl (C=O) groups excluding carboxylic acids is 3. The van der Waals surface area contributed by atoms with E-state index >= 15 is 0 Å². The fraction of sp³-hybridized carbons (Fsp3) is 0.438. The second kappa shape index (κ2) is 10.3. The first-order valence-electron chi connectivity index (χ1n) is 7.43. The van der Waals surface area contributed by atoms with E-state index in [0.717, 1.165) is 0 Å². The van der Waals surface area contributed by atoms with Crippen LogP contribution in [-0.2, 0) is 23.9 Å². The second-order valence-corrected chi connectivity index (χ2v) is 4.99. The molecule has 0 aliphatic heterocycles. The van der Waals surface area contributed by atoms with Crippen LogP contribution in [0.4, 0.5) is 11.4 Å². The Morgan fingerprint density at radius 2 is 1.54 bits per heavy atom. The molecule has 1 aromatic rings. The molecule has 0 radical (unpaired) electrons. The zero-order chi connectivity index (χ0) is 17.9. The van der Waals surface area contributed by atoms with E-state index in [4.69, 9.17) is 9.47 Å². The lowest BCUT2D eigenvalue weighted by atomic mass is 10.2. The summed E-state index contributed by atoms with van der Waals surface area (Å²) in [6.45, 7) is 2.61. The molecule has 1 rings (SSSR count). The van der Waals surface area contributed by atoms with Gasteiger partial charge in [-0.3, -0.25) is 14.4 Å². The smallest absolute Gasteiger partial charge is 0.313 e. The maximum atomic E-state index is 12.3. The summed E-state index contributed by atoms with van der Waals surface area (Å²) in [6.07, 6.45) is 0. The molecule has 0 fully saturated rings. The quantitative estimate of drug-likeness (QED) is 0.681. The summed E-state index contributed by atoms with van der Waals surface area (Å²) in [5.74, 6) is -1.66. The monoisotopic (exact) mass is 337 g/mol. The van der Waals surface area contributed by atoms with E-state index in [2.05, 4.69) is 10.6 Å². The van der Waals surface area contributed by atoms with Crippen molar-refractivity contribution in [2.75, 3.05) is 51.2 Å². The predicted octanol–water partition coefficient (Wildman–Crippen LogP) is 0.705. The molecule has 1 aromatic carbocycles. The van der Waals surface area contributed by atoms with Crippen LogP contribution in [0.3, 0.4) is 0 Å². The van der Waals surface area contributed by atoms with E-state index in [-0.39, 0.29) is 19.0 Å². The molecular weight excluding hydrogens is 314 g/mol. The van der Waals surface area contributed by atoms with E-state index in [1.807, 2.05) is 0 Å². The normalized spacial score (nSPS) is 10.1. The third-order valence-corrected chi connectivity index (χ3v) is 3.05. The number of hydrogen-bond acceptors (Lipinski definition) is 5. The molecule has 132 valence electrons. The lowest BCUT2D eigenvalue weighted by Crippen LogP contribution is -2.43. The number of hydrogen-bond donors (Lipinski definition) is 2. The van der Waals surface area contributed by atoms with Crippen LogP contribution >= 0.6 is 0 Å². The van der Waals surface area contributed by atoms with Crippen molar-refractivity contribution in [3.63, 3.8) is 0 Å². The second-order valence-electron chi connectivity index (χ2n) is 4.99. The molecule has 0 aliphatic carbocycles. The standard InChI is InChI=1S/C16H23N3O5/c1-12(20)17-13-5-4-6-14(11-13)18-15(21)16(22)19(7-9-23-2)8-10-24-3/h4-6,11H,7-10H2,1-3H3,(H,17,20)(H,18,21). The van der Waals surface area contributed by atoms with Crippen LogP contribution in [0.2, 0.25) is 0 Å². The van der Waals surface area contributed by atoms with Gasteiger partial charge in [0.2, 0.25) is 5.91 Å². The van der Waals surface area contributed by atoms with Crippen molar-refractivity contribution in [3.8, 4) is 0 Å². The Bertz CT molecular complexity index is 569. The van der Waals surface area contributed by atoms with Crippen molar-refractivity contribution in [1.82, 2.24) is 4.90 Å². The van der Waals surface area contributed by atoms with Gasteiger partial charge in [0.25, 0.3) is 0 Å². The Morgan fingerprint density at radius 3 is 2.04 bits per heavy atom. The van der Waals surface area contributed by atoms with Crippen LogP contribution in [0, 0.1) is 0 Å². The van der Waals surface area contributed by atoms with Gasteiger partial charge < -0.3 is 25.0 Å². The van der Waals surface area contributed by atoms with Crippen LogP contribution in [0.25, 0.3) is 0 Å². The summed E-state index contributed by atoms with van der Waals surface area (Å²) in [5.41, 5.74) is 0.946. The SMILES string of the molecule is COCCN(CCOC)C(=O)C(=O)Nc1cccc(NC(C)=O)c1. The summed E-state index contributed by atoms with van der Waals surface area (Å²) < 4.78 is 9.89. The first-order chi connectivity index (χ1) is 11.5. The van der Waals surface area contributed by atoms with E-state index in [1.54, 1.807) is 24.3 Å². The first-order valence-corrected chi connectivity index (χ1v) is 7.43. The van der Waals surface area contributed by atoms with Crippen molar-refractivity contribution in [2.45, 2.75) is 6.92 Å². The van der Waals surface area contributed by atoms with Crippen molar-refractivity contribution in [3.05, 3.63) is 24.3 Å². The molecule has 0 aliphatic rings. The minimum absolute atomic E-state index is 0.222. The lowest BCUT2D eigenvalue weighted by molar-refractivity contribution is -0.144. The Morgan fingerprint density at radius 1 is 1.00 bits per heavy atom. The summed E-state index contributed by atoms with van der Waals surface area (Å²) in [4.78, 5) is 36.8. The highest BCUT2D eigenvalue weighted by Crippen LogP contribution is 2.15. The van der Waals surface area contributed by atoms with Crippen LogP contribution in [0.5, 0.6) is 0 Å². The van der Waals surface area contributed by atoms with Gasteiger partial charge in [0.1, 0.15) is 0 Å². The molecular formula is C16H23N3O5. The van der Waals surface area contributed by atoms with Gasteiger partial charge in [-0.15, -0.1) is 0 Å². The predicted molar refractivity (Wildman–Crippen MR) is 89.7 cm³/mol. The number of methoxy groups -OCH3 is 2. The van der Waals surface area contributed by atoms with Crippen molar-refractivity contribution < 1.29 is 23.9 Å². The number of carbonyl (C=O) groups is 3. The van der Waals surface area contributed by atoms with E-state index < -0.39 is 11.8 Å². The Balaban J connectivity index is 2.72. The molecule has 2 N–H and O–H groups in total. The lowest BCUT2D eigenvalue weighted by Gasteiger charge is -2.21. The fourth-order valence-corrected chi connectivity index (χ4v) is 1.92. The number of rotatable bonds is 8. The summed E-state index contributed by atoms with van der Waals surface area (Å²) in [6, 6.07) is 6.55. The van der Waals surface area contributed by atoms with Crippen molar-refractivity contribution in [1.29, 1.82) is 0 Å². The van der Waals surface area contributed by atoms with Gasteiger partial charge in [-0.25, -0.2) is 0 Å². The summed E-state index contributed by atoms with van der Waals surface area (Å²) in [7, 11) is 3.04. The first kappa shape index (κ1) is 19.6. The van der Waals surface area contributed by atoms with Gasteiger partial charge in [-0.2, -0.15) is 0 Å². The van der Waals surface area contributed by atoms with E-state index in [9.17, 15) is 14.4 Å². The van der Waals surface area contributed by atoms with Crippen LogP contribution in [-0.4, -0.2) is 63.1 Å². The highest BCUT2D eigenvalue weighted by Gasteiger charge is 2.21. The number of ether oxygens (including phenoxy) is 2. The number of benzene rings is 1. The largest absolute Gasteiger partial charge is 0.383 e. The number of anilines is 2. The van der Waals surface area contributed by atoms with Gasteiger partial charge in [-0.05, 0) is 18.2 Å². The molecule has 0 saturated heterocycles. The van der Waals surface area contributed by atoms with Gasteiger partial charge in [-0.1, -0.05) is 6.07 Å². The highest BCUT2D eigenvalue weighted by molar-refractivity contribution is 6.39. The van der Waals surface area contributed by atoms with Crippen LogP contribution in [0.1, 0.15) is 6.92 Å². The topological polar surface area (TPSA) is 97.0 Å². The molecule has 8 nitrogen and oxygen atoms in total. The molecule has 0 aromatic heterocycles. The molecule has 0 heterocycles. The zero-order valence-corrected chi connectivity index (χ0v) is 14.1. The third kappa shape index (κ3) is 6.76. The zero-order valence-electron chi connectivity index (χ0n) is 14.1. The maximum absolute atomic E-state index is 12.3. The number of nitrogens with zero attached hydrogens (tertiary/aromatic N) is 1. The Hall–Kier alpha value is -2.45. The van der Waals surface area contributed by atoms with E-state index in [0.29, 0.717) is 24.6 Å². The molecule has 0 spiro atoms. The average molecular weight is 337 g/mol. The Labute approximate surface area is 141 Å². The maximum Gasteiger partial charge on any atom is 0.313 e. The molecule has 0 bridgehead atoms. The molecule has 8 heteroatoms. The van der Waals surface area contributed by atoms with Crippen LogP contribution < -0.4 is 10.6 Å². The van der Waals surface area contributed by atoms with Crippen LogP contribution in [0.15, 0.2) is 24.3 Å². The number of amides is 3. The number of nitrogens with one attached hydrogen (secondary N) is 2. The molecule has 3 amide bonds. The minimum atomic E-state index is -0.762. The van der Waals surface area contributed by atoms with Gasteiger partial charge >= 0.3 is 11.8 Å². The van der Waals surface area contributed by atoms with Crippen molar-refractivity contribution in [2.24, 2.45) is 0 Å². The molecule has 0 unspecified atom stereocenters. The minimum Gasteiger partial charge on any atom is -0.383 e. The molecule has 0 saturated carbocycles. The summed E-state index contributed by atoms with van der Waals surface area (Å²) >= 11 is 0. The van der Waals surface area contributed by atoms with Gasteiger partial charge in [0.15, 0.2) is 0 Å². The van der Waals surface area contributed by atoms with Gasteiger partial charge in [0, 0.05) is 45.6 Å². The average Bonchev–Trinajstić information content (AvgIpc) is 2.54. The van der Waals surface area contributed by atoms with Gasteiger partial charge in [0.05, 0.1) is 13.2 Å². The fourth-order valence-electron chi connectivity index (χ4n) is 1.92. The Kier molecular flexibility index (Phi) is 8.45. The summed E-state index contributed by atoms with van der Waals surface area (Å²) in [5, 5.41) is 5.13. The molecule has 24 heavy (non-hydrogen) atoms. The van der Waals surface area contributed by atoms with E-state index in [1.165, 1.54) is 26.0 Å². The highest BCUT2D eigenvalue weighted by atomic mass is 16.5. The third-order valence-electron chi connectivity index (χ3n) is 3.05. The molecule has 0 atom stereocenters.